The molecule has 1 aliphatic heterocycles. The maximum atomic E-state index is 12.6. The third-order valence-electron chi connectivity index (χ3n) is 5.04. The summed E-state index contributed by atoms with van der Waals surface area (Å²) in [6.07, 6.45) is 0. The molecular weight excluding hydrogens is 437 g/mol. The quantitative estimate of drug-likeness (QED) is 0.608. The summed E-state index contributed by atoms with van der Waals surface area (Å²) in [5.41, 5.74) is 2.34. The van der Waals surface area contributed by atoms with Gasteiger partial charge in [0.15, 0.2) is 5.82 Å². The molecule has 0 saturated carbocycles. The highest BCUT2D eigenvalue weighted by Gasteiger charge is 2.22. The maximum Gasteiger partial charge on any atom is 0.321 e. The minimum absolute atomic E-state index is 0.182. The zero-order chi connectivity index (χ0) is 21.8. The predicted octanol–water partition coefficient (Wildman–Crippen LogP) is 4.81. The molecule has 0 spiro atoms. The van der Waals surface area contributed by atoms with E-state index in [1.165, 1.54) is 0 Å². The summed E-state index contributed by atoms with van der Waals surface area (Å²) >= 11 is 12.0. The molecule has 0 unspecified atom stereocenters. The van der Waals surface area contributed by atoms with Crippen LogP contribution in [0.25, 0.3) is 11.3 Å². The van der Waals surface area contributed by atoms with Gasteiger partial charge in [0.25, 0.3) is 0 Å². The minimum atomic E-state index is -0.182. The number of aromatic nitrogens is 2. The van der Waals surface area contributed by atoms with Crippen LogP contribution in [0.3, 0.4) is 0 Å². The third kappa shape index (κ3) is 5.18. The standard InChI is InChI=1S/C22H21Cl2N5O2/c1-31-19-4-2-15(3-5-19)20-6-7-21(27-26-20)28-8-10-29(11-9-28)22(30)25-18-13-16(23)12-17(24)14-18/h2-7,12-14H,8-11H2,1H3,(H,25,30). The average molecular weight is 458 g/mol. The normalized spacial score (nSPS) is 13.8. The van der Waals surface area contributed by atoms with Gasteiger partial charge >= 0.3 is 6.03 Å². The molecule has 2 heterocycles. The summed E-state index contributed by atoms with van der Waals surface area (Å²) in [5.74, 6) is 1.59. The Kier molecular flexibility index (Phi) is 6.44. The second-order valence-corrected chi connectivity index (χ2v) is 7.94. The Bertz CT molecular complexity index is 1030. The number of halogens is 2. The van der Waals surface area contributed by atoms with Crippen molar-refractivity contribution >= 4 is 40.7 Å². The van der Waals surface area contributed by atoms with Gasteiger partial charge in [0.1, 0.15) is 5.75 Å². The predicted molar refractivity (Wildman–Crippen MR) is 123 cm³/mol. The van der Waals surface area contributed by atoms with E-state index < -0.39 is 0 Å². The number of hydrogen-bond donors (Lipinski definition) is 1. The van der Waals surface area contributed by atoms with Crippen molar-refractivity contribution in [3.05, 3.63) is 64.6 Å². The van der Waals surface area contributed by atoms with Gasteiger partial charge in [0.2, 0.25) is 0 Å². The van der Waals surface area contributed by atoms with Crippen LogP contribution in [0, 0.1) is 0 Å². The topological polar surface area (TPSA) is 70.6 Å². The zero-order valence-corrected chi connectivity index (χ0v) is 18.4. The van der Waals surface area contributed by atoms with Crippen LogP contribution in [-0.4, -0.2) is 54.4 Å². The second-order valence-electron chi connectivity index (χ2n) is 7.07. The number of nitrogens with one attached hydrogen (secondary N) is 1. The fraction of sp³-hybridized carbons (Fsp3) is 0.227. The Labute approximate surface area is 190 Å². The Morgan fingerprint density at radius 3 is 2.19 bits per heavy atom. The molecule has 0 atom stereocenters. The average Bonchev–Trinajstić information content (AvgIpc) is 2.79. The number of nitrogens with zero attached hydrogens (tertiary/aromatic N) is 4. The van der Waals surface area contributed by atoms with Crippen molar-refractivity contribution in [1.82, 2.24) is 15.1 Å². The number of amides is 2. The smallest absolute Gasteiger partial charge is 0.321 e. The van der Waals surface area contributed by atoms with Crippen LogP contribution < -0.4 is 15.0 Å². The van der Waals surface area contributed by atoms with Crippen LogP contribution >= 0.6 is 23.2 Å². The van der Waals surface area contributed by atoms with Crippen molar-refractivity contribution in [3.63, 3.8) is 0 Å². The molecule has 31 heavy (non-hydrogen) atoms. The number of methoxy groups -OCH3 is 1. The highest BCUT2D eigenvalue weighted by atomic mass is 35.5. The molecule has 1 saturated heterocycles. The summed E-state index contributed by atoms with van der Waals surface area (Å²) in [6, 6.07) is 16.4. The van der Waals surface area contributed by atoms with Crippen molar-refractivity contribution in [2.75, 3.05) is 43.5 Å². The van der Waals surface area contributed by atoms with Crippen LogP contribution in [0.1, 0.15) is 0 Å². The lowest BCUT2D eigenvalue weighted by Crippen LogP contribution is -2.50. The van der Waals surface area contributed by atoms with E-state index in [2.05, 4.69) is 20.4 Å². The van der Waals surface area contributed by atoms with Crippen molar-refractivity contribution in [3.8, 4) is 17.0 Å². The summed E-state index contributed by atoms with van der Waals surface area (Å²) in [4.78, 5) is 16.4. The van der Waals surface area contributed by atoms with Gasteiger partial charge in [-0.3, -0.25) is 0 Å². The largest absolute Gasteiger partial charge is 0.497 e. The Hall–Kier alpha value is -3.03. The van der Waals surface area contributed by atoms with Gasteiger partial charge in [-0.25, -0.2) is 4.79 Å². The first-order chi connectivity index (χ1) is 15.0. The molecule has 3 aromatic rings. The lowest BCUT2D eigenvalue weighted by Gasteiger charge is -2.35. The SMILES string of the molecule is COc1ccc(-c2ccc(N3CCN(C(=O)Nc4cc(Cl)cc(Cl)c4)CC3)nn2)cc1. The fourth-order valence-corrected chi connectivity index (χ4v) is 3.90. The van der Waals surface area contributed by atoms with Gasteiger partial charge in [0, 0.05) is 47.5 Å². The number of piperazine rings is 1. The van der Waals surface area contributed by atoms with Gasteiger partial charge < -0.3 is 19.9 Å². The molecule has 1 fully saturated rings. The molecule has 2 amide bonds. The first-order valence-corrected chi connectivity index (χ1v) is 10.5. The monoisotopic (exact) mass is 457 g/mol. The van der Waals surface area contributed by atoms with Crippen LogP contribution in [0.15, 0.2) is 54.6 Å². The van der Waals surface area contributed by atoms with Crippen LogP contribution in [0.4, 0.5) is 16.3 Å². The number of carbonyl (C=O) groups excluding carboxylic acids is 1. The van der Waals surface area contributed by atoms with Crippen LogP contribution in [-0.2, 0) is 0 Å². The van der Waals surface area contributed by atoms with Gasteiger partial charge in [-0.15, -0.1) is 10.2 Å². The van der Waals surface area contributed by atoms with Crippen LogP contribution in [0.2, 0.25) is 10.0 Å². The first kappa shape index (κ1) is 21.2. The molecular formula is C22H21Cl2N5O2. The summed E-state index contributed by atoms with van der Waals surface area (Å²) in [6.45, 7) is 2.48. The zero-order valence-electron chi connectivity index (χ0n) is 16.9. The summed E-state index contributed by atoms with van der Waals surface area (Å²) in [7, 11) is 1.64. The number of ether oxygens (including phenoxy) is 1. The Morgan fingerprint density at radius 2 is 1.61 bits per heavy atom. The van der Waals surface area contributed by atoms with E-state index in [1.54, 1.807) is 30.2 Å². The lowest BCUT2D eigenvalue weighted by molar-refractivity contribution is 0.208. The minimum Gasteiger partial charge on any atom is -0.497 e. The van der Waals surface area contributed by atoms with E-state index >= 15 is 0 Å². The van der Waals surface area contributed by atoms with E-state index in [1.807, 2.05) is 36.4 Å². The van der Waals surface area contributed by atoms with Gasteiger partial charge in [0.05, 0.1) is 12.8 Å². The molecule has 1 aliphatic rings. The van der Waals surface area contributed by atoms with Crippen LogP contribution in [0.5, 0.6) is 5.75 Å². The highest BCUT2D eigenvalue weighted by Crippen LogP contribution is 2.24. The van der Waals surface area contributed by atoms with E-state index in [0.717, 1.165) is 22.8 Å². The molecule has 0 bridgehead atoms. The molecule has 2 aromatic carbocycles. The highest BCUT2D eigenvalue weighted by molar-refractivity contribution is 6.35. The molecule has 9 heteroatoms. The number of benzene rings is 2. The Balaban J connectivity index is 1.34. The number of carbonyl (C=O) groups is 1. The van der Waals surface area contributed by atoms with Crippen molar-refractivity contribution < 1.29 is 9.53 Å². The number of hydrogen-bond acceptors (Lipinski definition) is 5. The maximum absolute atomic E-state index is 12.6. The molecule has 160 valence electrons. The molecule has 4 rings (SSSR count). The van der Waals surface area contributed by atoms with E-state index in [9.17, 15) is 4.79 Å². The van der Waals surface area contributed by atoms with Crippen molar-refractivity contribution in [1.29, 1.82) is 0 Å². The van der Waals surface area contributed by atoms with Gasteiger partial charge in [-0.1, -0.05) is 23.2 Å². The Morgan fingerprint density at radius 1 is 0.935 bits per heavy atom. The number of rotatable bonds is 4. The first-order valence-electron chi connectivity index (χ1n) is 9.77. The third-order valence-corrected chi connectivity index (χ3v) is 5.48. The van der Waals surface area contributed by atoms with Gasteiger partial charge in [-0.2, -0.15) is 0 Å². The number of anilines is 2. The lowest BCUT2D eigenvalue weighted by atomic mass is 10.1. The molecule has 1 N–H and O–H groups in total. The van der Waals surface area contributed by atoms with Gasteiger partial charge in [-0.05, 0) is 54.6 Å². The van der Waals surface area contributed by atoms with Crippen molar-refractivity contribution in [2.24, 2.45) is 0 Å². The molecule has 0 radical (unpaired) electrons. The fourth-order valence-electron chi connectivity index (χ4n) is 3.38. The molecule has 0 aliphatic carbocycles. The molecule has 1 aromatic heterocycles. The van der Waals surface area contributed by atoms with E-state index in [4.69, 9.17) is 27.9 Å². The number of urea groups is 1. The molecule has 7 nitrogen and oxygen atoms in total. The van der Waals surface area contributed by atoms with E-state index in [-0.39, 0.29) is 6.03 Å². The van der Waals surface area contributed by atoms with Crippen molar-refractivity contribution in [2.45, 2.75) is 0 Å². The summed E-state index contributed by atoms with van der Waals surface area (Å²) < 4.78 is 5.19. The van der Waals surface area contributed by atoms with E-state index in [0.29, 0.717) is 41.9 Å². The second kappa shape index (κ2) is 9.41. The summed E-state index contributed by atoms with van der Waals surface area (Å²) in [5, 5.41) is 12.5.